The summed E-state index contributed by atoms with van der Waals surface area (Å²) in [5, 5.41) is 4.07. The molecule has 1 saturated heterocycles. The van der Waals surface area contributed by atoms with Crippen molar-refractivity contribution in [1.29, 1.82) is 0 Å². The Balaban J connectivity index is 1.23. The van der Waals surface area contributed by atoms with Crippen LogP contribution in [0.25, 0.3) is 0 Å². The third-order valence-corrected chi connectivity index (χ3v) is 5.76. The van der Waals surface area contributed by atoms with Crippen molar-refractivity contribution < 1.29 is 4.79 Å². The molecule has 3 aromatic carbocycles. The van der Waals surface area contributed by atoms with Crippen LogP contribution in [0.2, 0.25) is 0 Å². The molecular weight excluding hydrogens is 396 g/mol. The van der Waals surface area contributed by atoms with Crippen LogP contribution in [0.3, 0.4) is 0 Å². The number of hydrogen-bond donors (Lipinski definition) is 1. The molecule has 0 atom stereocenters. The lowest BCUT2D eigenvalue weighted by atomic mass is 10.1. The summed E-state index contributed by atoms with van der Waals surface area (Å²) in [6.45, 7) is 8.23. The highest BCUT2D eigenvalue weighted by atomic mass is 16.2. The second kappa shape index (κ2) is 10.8. The van der Waals surface area contributed by atoms with Crippen LogP contribution in [-0.4, -0.2) is 48.1 Å². The van der Waals surface area contributed by atoms with E-state index in [0.717, 1.165) is 50.4 Å². The number of nitrogens with zero attached hydrogens (tertiary/aromatic N) is 3. The molecule has 3 aromatic rings. The predicted molar refractivity (Wildman–Crippen MR) is 130 cm³/mol. The van der Waals surface area contributed by atoms with Gasteiger partial charge in [0.05, 0.1) is 6.21 Å². The zero-order valence-electron chi connectivity index (χ0n) is 18.6. The average Bonchev–Trinajstić information content (AvgIpc) is 2.81. The lowest BCUT2D eigenvalue weighted by Gasteiger charge is -2.34. The zero-order valence-corrected chi connectivity index (χ0v) is 18.6. The number of piperazine rings is 1. The molecule has 1 heterocycles. The number of hydrazone groups is 1. The van der Waals surface area contributed by atoms with Gasteiger partial charge in [0.15, 0.2) is 0 Å². The van der Waals surface area contributed by atoms with Crippen molar-refractivity contribution in [3.8, 4) is 0 Å². The fourth-order valence-electron chi connectivity index (χ4n) is 3.95. The molecule has 32 heavy (non-hydrogen) atoms. The van der Waals surface area contributed by atoms with E-state index in [1.807, 2.05) is 55.5 Å². The Morgan fingerprint density at radius 1 is 0.844 bits per heavy atom. The molecule has 1 aliphatic heterocycles. The number of carbonyl (C=O) groups is 1. The van der Waals surface area contributed by atoms with E-state index in [1.54, 1.807) is 6.21 Å². The van der Waals surface area contributed by atoms with Crippen LogP contribution in [0.1, 0.15) is 32.6 Å². The maximum atomic E-state index is 12.3. The molecule has 0 aliphatic carbocycles. The molecular formula is C27H30N4O. The van der Waals surface area contributed by atoms with Gasteiger partial charge >= 0.3 is 0 Å². The maximum Gasteiger partial charge on any atom is 0.271 e. The first-order valence-corrected chi connectivity index (χ1v) is 11.1. The Labute approximate surface area is 190 Å². The molecule has 1 N–H and O–H groups in total. The fourth-order valence-corrected chi connectivity index (χ4v) is 3.95. The Kier molecular flexibility index (Phi) is 7.43. The summed E-state index contributed by atoms with van der Waals surface area (Å²) in [7, 11) is 0. The van der Waals surface area contributed by atoms with Gasteiger partial charge in [0.2, 0.25) is 0 Å². The Morgan fingerprint density at radius 3 is 2.09 bits per heavy atom. The summed E-state index contributed by atoms with van der Waals surface area (Å²) in [6.07, 6.45) is 1.66. The minimum Gasteiger partial charge on any atom is -0.297 e. The molecule has 0 radical (unpaired) electrons. The Bertz CT molecular complexity index is 1040. The first-order chi connectivity index (χ1) is 15.7. The molecule has 0 spiro atoms. The maximum absolute atomic E-state index is 12.3. The van der Waals surface area contributed by atoms with E-state index in [-0.39, 0.29) is 5.91 Å². The lowest BCUT2D eigenvalue weighted by Crippen LogP contribution is -2.45. The number of rotatable bonds is 7. The largest absolute Gasteiger partial charge is 0.297 e. The van der Waals surface area contributed by atoms with Crippen molar-refractivity contribution in [1.82, 2.24) is 15.2 Å². The van der Waals surface area contributed by atoms with Crippen molar-refractivity contribution in [3.05, 3.63) is 107 Å². The van der Waals surface area contributed by atoms with Gasteiger partial charge in [-0.05, 0) is 35.7 Å². The Hall–Kier alpha value is -3.28. The summed E-state index contributed by atoms with van der Waals surface area (Å²) in [5.74, 6) is -0.199. The second-order valence-corrected chi connectivity index (χ2v) is 8.35. The molecule has 0 unspecified atom stereocenters. The Morgan fingerprint density at radius 2 is 1.47 bits per heavy atom. The SMILES string of the molecule is Cc1cccc(/C=N\NC(=O)c2ccc(CN3CCN(Cc4ccccc4)CC3)cc2)c1. The summed E-state index contributed by atoms with van der Waals surface area (Å²) in [4.78, 5) is 17.3. The van der Waals surface area contributed by atoms with E-state index in [4.69, 9.17) is 0 Å². The molecule has 1 aliphatic rings. The van der Waals surface area contributed by atoms with Crippen molar-refractivity contribution in [3.63, 3.8) is 0 Å². The van der Waals surface area contributed by atoms with Crippen LogP contribution in [0.5, 0.6) is 0 Å². The van der Waals surface area contributed by atoms with Gasteiger partial charge in [-0.2, -0.15) is 5.10 Å². The van der Waals surface area contributed by atoms with Gasteiger partial charge in [-0.25, -0.2) is 5.43 Å². The van der Waals surface area contributed by atoms with Crippen LogP contribution in [-0.2, 0) is 13.1 Å². The first-order valence-electron chi connectivity index (χ1n) is 11.1. The van der Waals surface area contributed by atoms with E-state index in [0.29, 0.717) is 5.56 Å². The van der Waals surface area contributed by atoms with Crippen molar-refractivity contribution in [2.45, 2.75) is 20.0 Å². The van der Waals surface area contributed by atoms with Gasteiger partial charge in [0, 0.05) is 44.8 Å². The van der Waals surface area contributed by atoms with Gasteiger partial charge in [-0.1, -0.05) is 72.3 Å². The lowest BCUT2D eigenvalue weighted by molar-refractivity contribution is 0.0955. The third-order valence-electron chi connectivity index (χ3n) is 5.76. The highest BCUT2D eigenvalue weighted by Crippen LogP contribution is 2.12. The highest BCUT2D eigenvalue weighted by molar-refractivity contribution is 5.94. The summed E-state index contributed by atoms with van der Waals surface area (Å²) in [5.41, 5.74) is 7.94. The summed E-state index contributed by atoms with van der Waals surface area (Å²) < 4.78 is 0. The molecule has 0 bridgehead atoms. The van der Waals surface area contributed by atoms with E-state index >= 15 is 0 Å². The van der Waals surface area contributed by atoms with Crippen LogP contribution < -0.4 is 5.43 Å². The quantitative estimate of drug-likeness (QED) is 0.458. The van der Waals surface area contributed by atoms with Crippen LogP contribution in [0, 0.1) is 6.92 Å². The number of hydrogen-bond acceptors (Lipinski definition) is 4. The molecule has 164 valence electrons. The summed E-state index contributed by atoms with van der Waals surface area (Å²) in [6, 6.07) is 26.5. The van der Waals surface area contributed by atoms with Gasteiger partial charge in [0.25, 0.3) is 5.91 Å². The normalized spacial score (nSPS) is 15.2. The van der Waals surface area contributed by atoms with Crippen LogP contribution >= 0.6 is 0 Å². The van der Waals surface area contributed by atoms with Crippen LogP contribution in [0.4, 0.5) is 0 Å². The standard InChI is InChI=1S/C27H30N4O/c1-22-6-5-9-25(18-22)19-28-29-27(32)26-12-10-24(11-13-26)21-31-16-14-30(15-17-31)20-23-7-3-2-4-8-23/h2-13,18-19H,14-17,20-21H2,1H3,(H,29,32)/b28-19-. The van der Waals surface area contributed by atoms with Crippen molar-refractivity contribution in [2.24, 2.45) is 5.10 Å². The van der Waals surface area contributed by atoms with E-state index < -0.39 is 0 Å². The summed E-state index contributed by atoms with van der Waals surface area (Å²) >= 11 is 0. The van der Waals surface area contributed by atoms with Gasteiger partial charge in [-0.3, -0.25) is 14.6 Å². The van der Waals surface area contributed by atoms with Gasteiger partial charge in [-0.15, -0.1) is 0 Å². The van der Waals surface area contributed by atoms with E-state index in [9.17, 15) is 4.79 Å². The smallest absolute Gasteiger partial charge is 0.271 e. The molecule has 1 amide bonds. The number of nitrogens with one attached hydrogen (secondary N) is 1. The van der Waals surface area contributed by atoms with Gasteiger partial charge < -0.3 is 0 Å². The average molecular weight is 427 g/mol. The highest BCUT2D eigenvalue weighted by Gasteiger charge is 2.17. The van der Waals surface area contributed by atoms with E-state index in [1.165, 1.54) is 11.1 Å². The molecule has 0 saturated carbocycles. The zero-order chi connectivity index (χ0) is 22.2. The number of aryl methyl sites for hydroxylation is 1. The van der Waals surface area contributed by atoms with Crippen molar-refractivity contribution in [2.75, 3.05) is 26.2 Å². The topological polar surface area (TPSA) is 47.9 Å². The molecule has 4 rings (SSSR count). The molecule has 0 aromatic heterocycles. The molecule has 5 heteroatoms. The number of amides is 1. The van der Waals surface area contributed by atoms with E-state index in [2.05, 4.69) is 50.7 Å². The first kappa shape index (κ1) is 21.9. The second-order valence-electron chi connectivity index (χ2n) is 8.35. The molecule has 5 nitrogen and oxygen atoms in total. The monoisotopic (exact) mass is 426 g/mol. The van der Waals surface area contributed by atoms with Crippen molar-refractivity contribution >= 4 is 12.1 Å². The van der Waals surface area contributed by atoms with Crippen LogP contribution in [0.15, 0.2) is 84.0 Å². The molecule has 1 fully saturated rings. The minimum atomic E-state index is -0.199. The fraction of sp³-hybridized carbons (Fsp3) is 0.259. The van der Waals surface area contributed by atoms with Gasteiger partial charge in [0.1, 0.15) is 0 Å². The minimum absolute atomic E-state index is 0.199. The predicted octanol–water partition coefficient (Wildman–Crippen LogP) is 4.08. The number of benzene rings is 3. The number of carbonyl (C=O) groups excluding carboxylic acids is 1. The third kappa shape index (κ3) is 6.36.